The van der Waals surface area contributed by atoms with Crippen LogP contribution in [0.2, 0.25) is 5.28 Å². The van der Waals surface area contributed by atoms with Crippen LogP contribution in [0.1, 0.15) is 5.82 Å². The van der Waals surface area contributed by atoms with Gasteiger partial charge in [-0.1, -0.05) is 0 Å². The standard InChI is InChI=1S/C16H11ClFN7O10S2/c1-6-19-15(17)23-16(20-6)22-10-4-13(36(30,31)32)9(3-14(10)37(33,34)35)21-8-2-7(18)11(24(26)27)5-12(8)25(28)29/h2-5,21H,1H3,(H,30,31,32)(H,33,34,35)(H,19,20,22,23). The first-order valence-electron chi connectivity index (χ1n) is 9.15. The van der Waals surface area contributed by atoms with E-state index < -0.39 is 80.1 Å². The fourth-order valence-corrected chi connectivity index (χ4v) is 4.41. The van der Waals surface area contributed by atoms with Crippen molar-refractivity contribution in [3.05, 3.63) is 61.4 Å². The predicted octanol–water partition coefficient (Wildman–Crippen LogP) is 2.77. The van der Waals surface area contributed by atoms with Crippen molar-refractivity contribution in [3.8, 4) is 0 Å². The zero-order chi connectivity index (χ0) is 27.9. The Morgan fingerprint density at radius 3 is 1.81 bits per heavy atom. The van der Waals surface area contributed by atoms with Crippen LogP contribution in [-0.2, 0) is 20.2 Å². The van der Waals surface area contributed by atoms with Gasteiger partial charge in [0.25, 0.3) is 25.9 Å². The molecule has 0 saturated carbocycles. The number of nitro groups is 2. The molecule has 0 radical (unpaired) electrons. The highest BCUT2D eigenvalue weighted by Gasteiger charge is 2.29. The Hall–Kier alpha value is -4.11. The van der Waals surface area contributed by atoms with Gasteiger partial charge in [0.15, 0.2) is 0 Å². The number of anilines is 4. The van der Waals surface area contributed by atoms with E-state index in [1.807, 2.05) is 5.32 Å². The summed E-state index contributed by atoms with van der Waals surface area (Å²) < 4.78 is 81.8. The summed E-state index contributed by atoms with van der Waals surface area (Å²) in [6, 6.07) is 1.43. The van der Waals surface area contributed by atoms with Crippen LogP contribution in [0.3, 0.4) is 0 Å². The van der Waals surface area contributed by atoms with Gasteiger partial charge in [-0.3, -0.25) is 29.3 Å². The maximum Gasteiger partial charge on any atom is 0.311 e. The van der Waals surface area contributed by atoms with Gasteiger partial charge in [-0.25, -0.2) is 4.98 Å². The number of aryl methyl sites for hydroxylation is 1. The minimum Gasteiger partial charge on any atom is -0.349 e. The van der Waals surface area contributed by atoms with E-state index in [0.717, 1.165) is 0 Å². The molecule has 0 aliphatic rings. The third-order valence-electron chi connectivity index (χ3n) is 4.33. The number of nitrogens with zero attached hydrogens (tertiary/aromatic N) is 5. The molecular formula is C16H11ClFN7O10S2. The lowest BCUT2D eigenvalue weighted by Crippen LogP contribution is -2.11. The number of benzene rings is 2. The van der Waals surface area contributed by atoms with Gasteiger partial charge in [0.1, 0.15) is 21.3 Å². The second-order valence-corrected chi connectivity index (χ2v) is 9.97. The number of rotatable bonds is 8. The highest BCUT2D eigenvalue weighted by Crippen LogP contribution is 2.38. The molecule has 2 aromatic carbocycles. The zero-order valence-electron chi connectivity index (χ0n) is 17.8. The zero-order valence-corrected chi connectivity index (χ0v) is 20.2. The third-order valence-corrected chi connectivity index (χ3v) is 6.29. The van der Waals surface area contributed by atoms with Crippen LogP contribution in [-0.4, -0.2) is 50.7 Å². The van der Waals surface area contributed by atoms with Crippen molar-refractivity contribution in [1.82, 2.24) is 15.0 Å². The van der Waals surface area contributed by atoms with E-state index in [1.165, 1.54) is 6.92 Å². The lowest BCUT2D eigenvalue weighted by molar-refractivity contribution is -0.395. The van der Waals surface area contributed by atoms with E-state index in [4.69, 9.17) is 11.6 Å². The smallest absolute Gasteiger partial charge is 0.311 e. The summed E-state index contributed by atoms with van der Waals surface area (Å²) >= 11 is 5.71. The van der Waals surface area contributed by atoms with Crippen LogP contribution in [0.15, 0.2) is 34.1 Å². The van der Waals surface area contributed by atoms with Gasteiger partial charge < -0.3 is 10.6 Å². The average molecular weight is 580 g/mol. The number of nitrogens with one attached hydrogen (secondary N) is 2. The molecule has 1 aromatic heterocycles. The maximum absolute atomic E-state index is 14.2. The molecule has 1 heterocycles. The normalized spacial score (nSPS) is 11.7. The van der Waals surface area contributed by atoms with Gasteiger partial charge in [0.05, 0.1) is 27.3 Å². The van der Waals surface area contributed by atoms with E-state index >= 15 is 0 Å². The van der Waals surface area contributed by atoms with Crippen LogP contribution in [0, 0.1) is 33.0 Å². The Balaban J connectivity index is 2.28. The molecule has 0 saturated heterocycles. The molecule has 0 aliphatic heterocycles. The fraction of sp³-hybridized carbons (Fsp3) is 0.0625. The Morgan fingerprint density at radius 1 is 0.838 bits per heavy atom. The Morgan fingerprint density at radius 2 is 1.35 bits per heavy atom. The van der Waals surface area contributed by atoms with E-state index in [2.05, 4.69) is 20.3 Å². The minimum absolute atomic E-state index is 0.0525. The van der Waals surface area contributed by atoms with Crippen molar-refractivity contribution >= 4 is 66.2 Å². The van der Waals surface area contributed by atoms with Gasteiger partial charge in [0.2, 0.25) is 17.0 Å². The van der Waals surface area contributed by atoms with Crippen molar-refractivity contribution < 1.29 is 40.2 Å². The monoisotopic (exact) mass is 579 g/mol. The molecule has 0 unspecified atom stereocenters. The lowest BCUT2D eigenvalue weighted by atomic mass is 10.2. The molecule has 0 fully saturated rings. The number of aromatic nitrogens is 3. The Kier molecular flexibility index (Phi) is 7.23. The largest absolute Gasteiger partial charge is 0.349 e. The Bertz CT molecular complexity index is 1670. The quantitative estimate of drug-likeness (QED) is 0.170. The van der Waals surface area contributed by atoms with Crippen LogP contribution < -0.4 is 10.6 Å². The van der Waals surface area contributed by atoms with E-state index in [-0.39, 0.29) is 23.2 Å². The molecule has 0 atom stereocenters. The molecule has 0 aliphatic carbocycles. The highest BCUT2D eigenvalue weighted by atomic mass is 35.5. The summed E-state index contributed by atoms with van der Waals surface area (Å²) in [5.41, 5.74) is -4.86. The topological polar surface area (TPSA) is 258 Å². The summed E-state index contributed by atoms with van der Waals surface area (Å²) in [7, 11) is -10.4. The summed E-state index contributed by atoms with van der Waals surface area (Å²) in [6.45, 7) is 1.38. The summed E-state index contributed by atoms with van der Waals surface area (Å²) in [6.07, 6.45) is 0. The molecule has 17 nitrogen and oxygen atoms in total. The number of nitro benzene ring substituents is 2. The molecule has 3 rings (SSSR count). The summed E-state index contributed by atoms with van der Waals surface area (Å²) in [5, 5.41) is 26.3. The van der Waals surface area contributed by atoms with E-state index in [9.17, 15) is 50.6 Å². The number of hydrogen-bond acceptors (Lipinski definition) is 13. The second-order valence-electron chi connectivity index (χ2n) is 6.85. The van der Waals surface area contributed by atoms with E-state index in [0.29, 0.717) is 12.1 Å². The maximum atomic E-state index is 14.2. The van der Waals surface area contributed by atoms with Gasteiger partial charge >= 0.3 is 5.69 Å². The molecule has 0 amide bonds. The number of hydrogen-bond donors (Lipinski definition) is 4. The molecule has 37 heavy (non-hydrogen) atoms. The van der Waals surface area contributed by atoms with Crippen molar-refractivity contribution in [3.63, 3.8) is 0 Å². The SMILES string of the molecule is Cc1nc(Cl)nc(Nc2cc(S(=O)(=O)O)c(Nc3cc(F)c([N+](=O)[O-])cc3[N+](=O)[O-])cc2S(=O)(=O)O)n1. The van der Waals surface area contributed by atoms with Gasteiger partial charge in [-0.05, 0) is 30.7 Å². The average Bonchev–Trinajstić information content (AvgIpc) is 2.71. The molecule has 21 heteroatoms. The molecule has 3 aromatic rings. The minimum atomic E-state index is -5.24. The van der Waals surface area contributed by atoms with Crippen LogP contribution >= 0.6 is 11.6 Å². The molecule has 0 bridgehead atoms. The second kappa shape index (κ2) is 9.74. The first kappa shape index (κ1) is 27.5. The van der Waals surface area contributed by atoms with Crippen molar-refractivity contribution in [2.45, 2.75) is 16.7 Å². The van der Waals surface area contributed by atoms with Gasteiger partial charge in [-0.15, -0.1) is 0 Å². The van der Waals surface area contributed by atoms with E-state index in [1.54, 1.807) is 0 Å². The van der Waals surface area contributed by atoms with Crippen LogP contribution in [0.5, 0.6) is 0 Å². The summed E-state index contributed by atoms with van der Waals surface area (Å²) in [4.78, 5) is 28.9. The predicted molar refractivity (Wildman–Crippen MR) is 122 cm³/mol. The Labute approximate surface area is 210 Å². The van der Waals surface area contributed by atoms with Crippen LogP contribution in [0.4, 0.5) is 38.8 Å². The molecule has 4 N–H and O–H groups in total. The van der Waals surface area contributed by atoms with Crippen LogP contribution in [0.25, 0.3) is 0 Å². The van der Waals surface area contributed by atoms with Gasteiger partial charge in [-0.2, -0.15) is 31.2 Å². The lowest BCUT2D eigenvalue weighted by Gasteiger charge is -2.16. The first-order chi connectivity index (χ1) is 17.0. The summed E-state index contributed by atoms with van der Waals surface area (Å²) in [5.74, 6) is -1.92. The van der Waals surface area contributed by atoms with Gasteiger partial charge in [0, 0.05) is 6.07 Å². The molecule has 0 spiro atoms. The third kappa shape index (κ3) is 6.18. The fourth-order valence-electron chi connectivity index (χ4n) is 2.89. The van der Waals surface area contributed by atoms with Crippen molar-refractivity contribution in [1.29, 1.82) is 0 Å². The van der Waals surface area contributed by atoms with Crippen molar-refractivity contribution in [2.75, 3.05) is 10.6 Å². The number of halogens is 2. The first-order valence-corrected chi connectivity index (χ1v) is 12.4. The highest BCUT2D eigenvalue weighted by molar-refractivity contribution is 7.86. The van der Waals surface area contributed by atoms with Crippen molar-refractivity contribution in [2.24, 2.45) is 0 Å². The molecular weight excluding hydrogens is 569 g/mol. The molecule has 196 valence electrons.